The number of hydrogen-bond donors (Lipinski definition) is 3. The third kappa shape index (κ3) is 4.82. The van der Waals surface area contributed by atoms with Gasteiger partial charge >= 0.3 is 5.97 Å². The normalized spacial score (nSPS) is 10.6. The van der Waals surface area contributed by atoms with E-state index in [0.717, 1.165) is 11.6 Å². The number of anilines is 3. The summed E-state index contributed by atoms with van der Waals surface area (Å²) in [4.78, 5) is 15.6. The molecule has 1 aromatic heterocycles. The maximum atomic E-state index is 14.1. The van der Waals surface area contributed by atoms with Crippen LogP contribution in [0.5, 0.6) is 5.75 Å². The number of hydrogen-bond acceptors (Lipinski definition) is 5. The molecule has 0 bridgehead atoms. The number of ether oxygens (including phenoxy) is 1. The number of aromatic nitrogens is 1. The van der Waals surface area contributed by atoms with Crippen LogP contribution in [-0.4, -0.2) is 29.7 Å². The largest absolute Gasteiger partial charge is 0.497 e. The summed E-state index contributed by atoms with van der Waals surface area (Å²) in [5, 5.41) is 15.2. The van der Waals surface area contributed by atoms with Crippen molar-refractivity contribution in [3.05, 3.63) is 41.2 Å². The Hall–Kier alpha value is -2.83. The number of carbonyl (C=O) groups is 1. The number of pyridine rings is 1. The van der Waals surface area contributed by atoms with Gasteiger partial charge in [-0.1, -0.05) is 13.8 Å². The molecule has 0 spiro atoms. The third-order valence-electron chi connectivity index (χ3n) is 3.43. The van der Waals surface area contributed by atoms with Crippen LogP contribution < -0.4 is 15.4 Å². The summed E-state index contributed by atoms with van der Waals surface area (Å²) in [6.07, 6.45) is 0. The van der Waals surface area contributed by atoms with Crippen LogP contribution in [0.3, 0.4) is 0 Å². The van der Waals surface area contributed by atoms with Gasteiger partial charge in [0.25, 0.3) is 0 Å². The van der Waals surface area contributed by atoms with Crippen molar-refractivity contribution in [2.24, 2.45) is 5.92 Å². The van der Waals surface area contributed by atoms with Gasteiger partial charge in [-0.15, -0.1) is 0 Å². The maximum absolute atomic E-state index is 14.1. The minimum atomic E-state index is -1.26. The SMILES string of the molecule is COc1cc(C)cc(Nc2nc(NCC(C)C)c(F)cc2C(=O)O)c1. The smallest absolute Gasteiger partial charge is 0.339 e. The van der Waals surface area contributed by atoms with Crippen molar-refractivity contribution >= 4 is 23.3 Å². The molecule has 0 aliphatic carbocycles. The lowest BCUT2D eigenvalue weighted by molar-refractivity contribution is 0.0697. The monoisotopic (exact) mass is 347 g/mol. The highest BCUT2D eigenvalue weighted by Gasteiger charge is 2.17. The van der Waals surface area contributed by atoms with E-state index in [0.29, 0.717) is 18.0 Å². The number of nitrogens with zero attached hydrogens (tertiary/aromatic N) is 1. The van der Waals surface area contributed by atoms with Crippen molar-refractivity contribution in [3.8, 4) is 5.75 Å². The summed E-state index contributed by atoms with van der Waals surface area (Å²) in [5.74, 6) is -0.972. The third-order valence-corrected chi connectivity index (χ3v) is 3.43. The summed E-state index contributed by atoms with van der Waals surface area (Å²) < 4.78 is 19.3. The van der Waals surface area contributed by atoms with E-state index >= 15 is 0 Å². The van der Waals surface area contributed by atoms with E-state index in [9.17, 15) is 14.3 Å². The van der Waals surface area contributed by atoms with Crippen molar-refractivity contribution in [1.29, 1.82) is 0 Å². The van der Waals surface area contributed by atoms with Gasteiger partial charge in [-0.3, -0.25) is 0 Å². The first kappa shape index (κ1) is 18.5. The molecule has 0 unspecified atom stereocenters. The average molecular weight is 347 g/mol. The van der Waals surface area contributed by atoms with E-state index < -0.39 is 11.8 Å². The van der Waals surface area contributed by atoms with Crippen LogP contribution in [0, 0.1) is 18.7 Å². The van der Waals surface area contributed by atoms with Gasteiger partial charge in [-0.2, -0.15) is 0 Å². The molecule has 0 saturated carbocycles. The molecule has 0 aliphatic rings. The van der Waals surface area contributed by atoms with Gasteiger partial charge < -0.3 is 20.5 Å². The zero-order chi connectivity index (χ0) is 18.6. The Morgan fingerprint density at radius 1 is 1.28 bits per heavy atom. The fourth-order valence-electron chi connectivity index (χ4n) is 2.25. The molecule has 1 aromatic carbocycles. The van der Waals surface area contributed by atoms with Crippen molar-refractivity contribution in [2.45, 2.75) is 20.8 Å². The predicted molar refractivity (Wildman–Crippen MR) is 95.5 cm³/mol. The predicted octanol–water partition coefficient (Wildman–Crippen LogP) is 4.05. The second kappa shape index (κ2) is 7.83. The molecule has 0 saturated heterocycles. The fraction of sp³-hybridized carbons (Fsp3) is 0.333. The molecule has 1 heterocycles. The van der Waals surface area contributed by atoms with E-state index in [1.54, 1.807) is 13.2 Å². The molecule has 2 aromatic rings. The van der Waals surface area contributed by atoms with E-state index in [2.05, 4.69) is 15.6 Å². The average Bonchev–Trinajstić information content (AvgIpc) is 2.53. The number of carboxylic acids is 1. The summed E-state index contributed by atoms with van der Waals surface area (Å²) in [7, 11) is 1.55. The molecule has 0 fully saturated rings. The number of aromatic carboxylic acids is 1. The Kier molecular flexibility index (Phi) is 5.80. The number of nitrogens with one attached hydrogen (secondary N) is 2. The molecule has 0 radical (unpaired) electrons. The Balaban J connectivity index is 2.41. The highest BCUT2D eigenvalue weighted by Crippen LogP contribution is 2.27. The van der Waals surface area contributed by atoms with Crippen molar-refractivity contribution in [3.63, 3.8) is 0 Å². The lowest BCUT2D eigenvalue weighted by atomic mass is 10.2. The number of methoxy groups -OCH3 is 1. The molecule has 7 heteroatoms. The molecule has 134 valence electrons. The van der Waals surface area contributed by atoms with Gasteiger partial charge in [0.1, 0.15) is 17.1 Å². The van der Waals surface area contributed by atoms with Gasteiger partial charge in [0.15, 0.2) is 11.6 Å². The minimum Gasteiger partial charge on any atom is -0.497 e. The molecule has 0 aliphatic heterocycles. The first-order valence-electron chi connectivity index (χ1n) is 7.90. The quantitative estimate of drug-likeness (QED) is 0.701. The van der Waals surface area contributed by atoms with Crippen LogP contribution in [0.4, 0.5) is 21.7 Å². The molecule has 25 heavy (non-hydrogen) atoms. The van der Waals surface area contributed by atoms with Crippen molar-refractivity contribution in [1.82, 2.24) is 4.98 Å². The van der Waals surface area contributed by atoms with Gasteiger partial charge in [-0.05, 0) is 36.6 Å². The van der Waals surface area contributed by atoms with Crippen LogP contribution in [0.2, 0.25) is 0 Å². The van der Waals surface area contributed by atoms with Crippen LogP contribution >= 0.6 is 0 Å². The fourth-order valence-corrected chi connectivity index (χ4v) is 2.25. The molecular weight excluding hydrogens is 325 g/mol. The molecule has 0 amide bonds. The second-order valence-corrected chi connectivity index (χ2v) is 6.16. The summed E-state index contributed by atoms with van der Waals surface area (Å²) in [5.41, 5.74) is 1.29. The Bertz CT molecular complexity index is 778. The number of halogens is 1. The zero-order valence-corrected chi connectivity index (χ0v) is 14.7. The first-order chi connectivity index (χ1) is 11.8. The zero-order valence-electron chi connectivity index (χ0n) is 14.7. The van der Waals surface area contributed by atoms with E-state index in [1.165, 1.54) is 0 Å². The molecule has 2 rings (SSSR count). The standard InChI is InChI=1S/C18H22FN3O3/c1-10(2)9-20-17-15(19)8-14(18(23)24)16(22-17)21-12-5-11(3)6-13(7-12)25-4/h5-8,10H,9H2,1-4H3,(H,23,24)(H2,20,21,22). The van der Waals surface area contributed by atoms with Gasteiger partial charge in [0.05, 0.1) is 7.11 Å². The first-order valence-corrected chi connectivity index (χ1v) is 7.90. The lowest BCUT2D eigenvalue weighted by Gasteiger charge is -2.14. The highest BCUT2D eigenvalue weighted by molar-refractivity contribution is 5.94. The van der Waals surface area contributed by atoms with Crippen molar-refractivity contribution < 1.29 is 19.0 Å². The number of benzene rings is 1. The van der Waals surface area contributed by atoms with Crippen LogP contribution in [0.25, 0.3) is 0 Å². The van der Waals surface area contributed by atoms with Crippen molar-refractivity contribution in [2.75, 3.05) is 24.3 Å². The highest BCUT2D eigenvalue weighted by atomic mass is 19.1. The molecule has 0 atom stereocenters. The molecule has 3 N–H and O–H groups in total. The lowest BCUT2D eigenvalue weighted by Crippen LogP contribution is -2.13. The second-order valence-electron chi connectivity index (χ2n) is 6.16. The van der Waals surface area contributed by atoms with Gasteiger partial charge in [0.2, 0.25) is 0 Å². The minimum absolute atomic E-state index is 0.0146. The Morgan fingerprint density at radius 2 is 2.00 bits per heavy atom. The van der Waals surface area contributed by atoms with Gasteiger partial charge in [0, 0.05) is 18.3 Å². The Morgan fingerprint density at radius 3 is 2.60 bits per heavy atom. The maximum Gasteiger partial charge on any atom is 0.339 e. The molecular formula is C18H22FN3O3. The Labute approximate surface area is 146 Å². The summed E-state index contributed by atoms with van der Waals surface area (Å²) >= 11 is 0. The van der Waals surface area contributed by atoms with Crippen LogP contribution in [0.15, 0.2) is 24.3 Å². The van der Waals surface area contributed by atoms with E-state index in [1.807, 2.05) is 32.9 Å². The summed E-state index contributed by atoms with van der Waals surface area (Å²) in [6.45, 7) is 6.37. The van der Waals surface area contributed by atoms with Crippen LogP contribution in [0.1, 0.15) is 29.8 Å². The summed E-state index contributed by atoms with van der Waals surface area (Å²) in [6, 6.07) is 6.34. The number of carboxylic acid groups (broad SMARTS) is 1. The topological polar surface area (TPSA) is 83.5 Å². The number of rotatable bonds is 7. The van der Waals surface area contributed by atoms with Gasteiger partial charge in [-0.25, -0.2) is 14.2 Å². The molecule has 6 nitrogen and oxygen atoms in total. The van der Waals surface area contributed by atoms with Crippen LogP contribution in [-0.2, 0) is 0 Å². The number of aryl methyl sites for hydroxylation is 1. The van der Waals surface area contributed by atoms with E-state index in [4.69, 9.17) is 4.74 Å². The van der Waals surface area contributed by atoms with E-state index in [-0.39, 0.29) is 23.1 Å².